The van der Waals surface area contributed by atoms with Crippen LogP contribution in [0, 0.1) is 29.1 Å². The zero-order chi connectivity index (χ0) is 20.8. The van der Waals surface area contributed by atoms with Gasteiger partial charge >= 0.3 is 11.9 Å². The number of carbonyl (C=O) groups excluding carboxylic acids is 3. The third-order valence-corrected chi connectivity index (χ3v) is 7.25. The summed E-state index contributed by atoms with van der Waals surface area (Å²) in [7, 11) is 0. The zero-order valence-electron chi connectivity index (χ0n) is 17.7. The molecule has 8 atom stereocenters. The zero-order valence-corrected chi connectivity index (χ0v) is 17.7. The van der Waals surface area contributed by atoms with Crippen LogP contribution in [-0.4, -0.2) is 42.6 Å². The molecule has 2 aliphatic carbocycles. The molecule has 3 aliphatic rings. The molecule has 6 nitrogen and oxygen atoms in total. The molecule has 1 aliphatic heterocycles. The summed E-state index contributed by atoms with van der Waals surface area (Å²) < 4.78 is 17.6. The molecule has 0 unspecified atom stereocenters. The van der Waals surface area contributed by atoms with E-state index in [-0.39, 0.29) is 41.7 Å². The Kier molecular flexibility index (Phi) is 5.72. The van der Waals surface area contributed by atoms with Gasteiger partial charge in [-0.05, 0) is 40.0 Å². The molecule has 1 saturated heterocycles. The molecule has 28 heavy (non-hydrogen) atoms. The summed E-state index contributed by atoms with van der Waals surface area (Å²) in [6, 6.07) is 0. The number of allylic oxidation sites excluding steroid dienone is 1. The van der Waals surface area contributed by atoms with Gasteiger partial charge in [0.25, 0.3) is 0 Å². The van der Waals surface area contributed by atoms with Crippen molar-refractivity contribution in [3.8, 4) is 0 Å². The van der Waals surface area contributed by atoms with Crippen molar-refractivity contribution in [2.45, 2.75) is 72.7 Å². The number of hydrogen-bond acceptors (Lipinski definition) is 6. The molecule has 2 saturated carbocycles. The maximum atomic E-state index is 13.3. The van der Waals surface area contributed by atoms with Gasteiger partial charge in [-0.25, -0.2) is 4.79 Å². The van der Waals surface area contributed by atoms with Crippen LogP contribution < -0.4 is 0 Å². The first kappa shape index (κ1) is 21.0. The first-order chi connectivity index (χ1) is 13.2. The highest BCUT2D eigenvalue weighted by Gasteiger charge is 2.66. The molecule has 0 amide bonds. The quantitative estimate of drug-likeness (QED) is 0.540. The van der Waals surface area contributed by atoms with Crippen LogP contribution in [0.4, 0.5) is 0 Å². The predicted octanol–water partition coefficient (Wildman–Crippen LogP) is 3.08. The van der Waals surface area contributed by atoms with Crippen LogP contribution in [0.2, 0.25) is 0 Å². The van der Waals surface area contributed by atoms with E-state index in [0.29, 0.717) is 25.0 Å². The third-order valence-electron chi connectivity index (χ3n) is 7.25. The second-order valence-electron chi connectivity index (χ2n) is 8.78. The van der Waals surface area contributed by atoms with Gasteiger partial charge in [0.15, 0.2) is 0 Å². The monoisotopic (exact) mass is 392 g/mol. The standard InChI is InChI=1S/C22H32O6/c1-7-11(3)20(24)28-19-17-13(5)21(25)27-14(17)9-12(4)18-15(26-8-2)10-16(23)22(18,19)6/h7,12-15,17-19H,8-10H2,1-6H3/b11-7-/t12-,13+,14-,15+,17-,18-,19+,22-/m1/s1. The second-order valence-corrected chi connectivity index (χ2v) is 8.78. The van der Waals surface area contributed by atoms with E-state index in [4.69, 9.17) is 14.2 Å². The summed E-state index contributed by atoms with van der Waals surface area (Å²) in [4.78, 5) is 38.4. The van der Waals surface area contributed by atoms with Gasteiger partial charge in [-0.3, -0.25) is 9.59 Å². The Morgan fingerprint density at radius 2 is 2.00 bits per heavy atom. The van der Waals surface area contributed by atoms with Gasteiger partial charge in [0.05, 0.1) is 17.4 Å². The molecule has 0 aromatic heterocycles. The van der Waals surface area contributed by atoms with E-state index in [0.717, 1.165) is 0 Å². The highest BCUT2D eigenvalue weighted by atomic mass is 16.6. The van der Waals surface area contributed by atoms with Crippen LogP contribution in [0.1, 0.15) is 54.4 Å². The first-order valence-corrected chi connectivity index (χ1v) is 10.4. The second kappa shape index (κ2) is 7.62. The molecule has 156 valence electrons. The van der Waals surface area contributed by atoms with E-state index in [2.05, 4.69) is 6.92 Å². The summed E-state index contributed by atoms with van der Waals surface area (Å²) in [5, 5.41) is 0. The van der Waals surface area contributed by atoms with Crippen molar-refractivity contribution in [1.82, 2.24) is 0 Å². The van der Waals surface area contributed by atoms with E-state index >= 15 is 0 Å². The van der Waals surface area contributed by atoms with Gasteiger partial charge in [-0.1, -0.05) is 19.9 Å². The average Bonchev–Trinajstić information content (AvgIpc) is 3.02. The number of ketones is 1. The highest BCUT2D eigenvalue weighted by molar-refractivity contribution is 5.91. The Hall–Kier alpha value is -1.69. The minimum Gasteiger partial charge on any atom is -0.462 e. The van der Waals surface area contributed by atoms with Crippen molar-refractivity contribution < 1.29 is 28.6 Å². The van der Waals surface area contributed by atoms with E-state index in [9.17, 15) is 14.4 Å². The van der Waals surface area contributed by atoms with Crippen molar-refractivity contribution in [3.05, 3.63) is 11.6 Å². The van der Waals surface area contributed by atoms with Gasteiger partial charge in [0.2, 0.25) is 0 Å². The fraction of sp³-hybridized carbons (Fsp3) is 0.773. The van der Waals surface area contributed by atoms with Gasteiger partial charge in [-0.15, -0.1) is 0 Å². The Morgan fingerprint density at radius 1 is 1.32 bits per heavy atom. The van der Waals surface area contributed by atoms with Crippen LogP contribution in [0.3, 0.4) is 0 Å². The van der Waals surface area contributed by atoms with Gasteiger partial charge < -0.3 is 14.2 Å². The fourth-order valence-electron chi connectivity index (χ4n) is 5.70. The Bertz CT molecular complexity index is 697. The van der Waals surface area contributed by atoms with Crippen molar-refractivity contribution in [3.63, 3.8) is 0 Å². The number of fused-ring (bicyclic) bond motifs is 2. The molecule has 0 bridgehead atoms. The van der Waals surface area contributed by atoms with Gasteiger partial charge in [0, 0.05) is 30.4 Å². The summed E-state index contributed by atoms with van der Waals surface area (Å²) in [6.45, 7) is 11.7. The lowest BCUT2D eigenvalue weighted by Crippen LogP contribution is -2.51. The minimum atomic E-state index is -0.898. The number of carbonyl (C=O) groups is 3. The largest absolute Gasteiger partial charge is 0.462 e. The van der Waals surface area contributed by atoms with Crippen LogP contribution in [0.25, 0.3) is 0 Å². The van der Waals surface area contributed by atoms with Crippen LogP contribution in [0.15, 0.2) is 11.6 Å². The Labute approximate surface area is 167 Å². The Morgan fingerprint density at radius 3 is 2.61 bits per heavy atom. The maximum absolute atomic E-state index is 13.3. The van der Waals surface area contributed by atoms with Gasteiger partial charge in [0.1, 0.15) is 18.0 Å². The molecule has 0 aromatic carbocycles. The number of rotatable bonds is 4. The van der Waals surface area contributed by atoms with Gasteiger partial charge in [-0.2, -0.15) is 0 Å². The number of ether oxygens (including phenoxy) is 3. The molecule has 6 heteroatoms. The summed E-state index contributed by atoms with van der Waals surface area (Å²) in [5.74, 6) is -1.41. The summed E-state index contributed by atoms with van der Waals surface area (Å²) in [6.07, 6.45) is 1.39. The Balaban J connectivity index is 2.09. The minimum absolute atomic E-state index is 0.0472. The number of hydrogen-bond donors (Lipinski definition) is 0. The van der Waals surface area contributed by atoms with E-state index in [1.54, 1.807) is 19.9 Å². The van der Waals surface area contributed by atoms with Crippen LogP contribution in [0.5, 0.6) is 0 Å². The summed E-state index contributed by atoms with van der Waals surface area (Å²) >= 11 is 0. The molecule has 0 N–H and O–H groups in total. The molecular formula is C22H32O6. The van der Waals surface area contributed by atoms with Crippen molar-refractivity contribution in [2.75, 3.05) is 6.61 Å². The topological polar surface area (TPSA) is 78.9 Å². The molecule has 0 radical (unpaired) electrons. The molecule has 1 heterocycles. The summed E-state index contributed by atoms with van der Waals surface area (Å²) in [5.41, 5.74) is -0.413. The molecule has 3 fully saturated rings. The molecule has 0 spiro atoms. The molecule has 3 rings (SSSR count). The van der Waals surface area contributed by atoms with Crippen molar-refractivity contribution in [2.24, 2.45) is 29.1 Å². The average molecular weight is 392 g/mol. The SMILES string of the molecule is C/C=C(/C)C(=O)O[C@H]1[C@@H]2[C@H](C)C(=O)O[C@@H]2C[C@@H](C)[C@@H]2[C@@H](OCC)CC(=O)[C@]21C. The van der Waals surface area contributed by atoms with E-state index in [1.165, 1.54) is 0 Å². The highest BCUT2D eigenvalue weighted by Crippen LogP contribution is 2.57. The first-order valence-electron chi connectivity index (χ1n) is 10.4. The van der Waals surface area contributed by atoms with Crippen LogP contribution >= 0.6 is 0 Å². The normalized spacial score (nSPS) is 43.2. The maximum Gasteiger partial charge on any atom is 0.333 e. The lowest BCUT2D eigenvalue weighted by atomic mass is 9.66. The molecular weight excluding hydrogens is 360 g/mol. The van der Waals surface area contributed by atoms with E-state index in [1.807, 2.05) is 20.8 Å². The number of Topliss-reactive ketones (excluding diaryl/α,β-unsaturated/α-hetero) is 1. The van der Waals surface area contributed by atoms with E-state index < -0.39 is 23.4 Å². The van der Waals surface area contributed by atoms with Crippen LogP contribution in [-0.2, 0) is 28.6 Å². The van der Waals surface area contributed by atoms with Crippen molar-refractivity contribution >= 4 is 17.7 Å². The fourth-order valence-corrected chi connectivity index (χ4v) is 5.70. The molecule has 0 aromatic rings. The third kappa shape index (κ3) is 3.10. The lowest BCUT2D eigenvalue weighted by molar-refractivity contribution is -0.165. The predicted molar refractivity (Wildman–Crippen MR) is 102 cm³/mol. The van der Waals surface area contributed by atoms with Crippen molar-refractivity contribution in [1.29, 1.82) is 0 Å². The lowest BCUT2D eigenvalue weighted by Gasteiger charge is -2.41. The number of esters is 2. The smallest absolute Gasteiger partial charge is 0.333 e.